The van der Waals surface area contributed by atoms with Crippen LogP contribution in [0.4, 0.5) is 0 Å². The van der Waals surface area contributed by atoms with Crippen LogP contribution in [-0.2, 0) is 66.8 Å². The predicted molar refractivity (Wildman–Crippen MR) is 464 cm³/mol. The summed E-state index contributed by atoms with van der Waals surface area (Å²) in [7, 11) is 1.49. The molecule has 0 spiro atoms. The van der Waals surface area contributed by atoms with E-state index < -0.39 is 239 Å². The van der Waals surface area contributed by atoms with Crippen molar-refractivity contribution in [3.8, 4) is 57.1 Å². The van der Waals surface area contributed by atoms with E-state index in [-0.39, 0.29) is 76.1 Å². The van der Waals surface area contributed by atoms with Gasteiger partial charge in [-0.3, -0.25) is 33.6 Å². The van der Waals surface area contributed by atoms with Gasteiger partial charge in [0.15, 0.2) is 36.2 Å². The normalized spacial score (nSPS) is 29.4. The molecule has 0 aliphatic carbocycles. The number of carbonyl (C=O) groups is 8. The number of primary amides is 1. The van der Waals surface area contributed by atoms with Gasteiger partial charge < -0.3 is 143 Å². The molecule has 0 aromatic heterocycles. The van der Waals surface area contributed by atoms with Crippen molar-refractivity contribution >= 4 is 58.9 Å². The maximum absolute atomic E-state index is 16.6. The van der Waals surface area contributed by atoms with Crippen molar-refractivity contribution in [2.45, 2.75) is 310 Å². The van der Waals surface area contributed by atoms with Crippen LogP contribution < -0.4 is 68.6 Å². The van der Waals surface area contributed by atoms with E-state index in [0.717, 1.165) is 74.6 Å². The number of halogens is 1. The van der Waals surface area contributed by atoms with E-state index in [9.17, 15) is 55.5 Å². The number of aliphatic hydroxyl groups is 6. The van der Waals surface area contributed by atoms with Crippen LogP contribution in [0.25, 0.3) is 11.1 Å². The minimum absolute atomic E-state index is 0.00965. The fraction of sp³-hybridized carbons (Fsp3) is 0.582. The molecule has 702 valence electrons. The van der Waals surface area contributed by atoms with Gasteiger partial charge in [0.1, 0.15) is 89.5 Å². The van der Waals surface area contributed by atoms with Gasteiger partial charge in [0, 0.05) is 46.7 Å². The number of phenols is 3. The molecule has 8 heterocycles. The van der Waals surface area contributed by atoms with Gasteiger partial charge >= 0.3 is 5.97 Å². The third-order valence-corrected chi connectivity index (χ3v) is 24.6. The number of phenolic OH excluding ortho intramolecular Hbond substituents is 3. The van der Waals surface area contributed by atoms with Gasteiger partial charge in [0.2, 0.25) is 53.4 Å². The number of amides is 7. The average molecular weight is 1810 g/mol. The van der Waals surface area contributed by atoms with Gasteiger partial charge in [0.05, 0.1) is 55.1 Å². The summed E-state index contributed by atoms with van der Waals surface area (Å²) in [6, 6.07) is 2.70. The standard InChI is InChI=1S/C91H125ClN10O26/c1-9-10-11-12-13-14-15-16-17-18-19-20-21-22-23-24-33-120-88(119)71-55-39-52(104)40-60(106)68(55)54-35-49(27-31-59(54)105)69-84(115)102-73(87(118)100-71)77(126-66-42-90(6,94)80(111)46(4)121-66)48-25-29-53(30-26-48)123-62-37-51-38-63(78(62)128-89-79(76(110)75(109)64(44-103)125-89)127-67-43-91(7,95)81(112)47(5)122-67)124-61-32-28-50(36-56(61)92)74(108)72(101-82(113)57(96-8)34-45(2)3)86(117)97-58(41-65(93)107)83(114)98-70(51)85(116)99-69/h25-32,35-40,45-47,57-58,64,66-67,69-77,79-81,89,96,103-106,108-112H,9-24,33-34,41-44,94-95H2,1-8H3,(H2,93,107)(H,97,117)(H,98,114)(H,99,116)(H,100,118)(H,101,113)(H,102,115)/t46-,47-,57?,58?,64+,66-,67-,69?,70?,71?,72?,73?,74?,75+,76-,77?,79+,80-,81-,89-,90-,91-/m0/s1. The second-order valence-electron chi connectivity index (χ2n) is 35.3. The average Bonchev–Trinajstić information content (AvgIpc) is 0.761. The number of ether oxygens (including phenoxy) is 9. The highest BCUT2D eigenvalue weighted by Crippen LogP contribution is 2.50. The molecular weight excluding hydrogens is 1680 g/mol. The fourth-order valence-electron chi connectivity index (χ4n) is 17.1. The molecule has 36 nitrogen and oxygen atoms in total. The molecule has 37 heteroatoms. The minimum atomic E-state index is -2.33. The van der Waals surface area contributed by atoms with Crippen LogP contribution in [0.5, 0.6) is 46.0 Å². The molecule has 5 aromatic carbocycles. The maximum Gasteiger partial charge on any atom is 0.333 e. The van der Waals surface area contributed by atoms with Crippen LogP contribution in [0, 0.1) is 5.92 Å². The van der Waals surface area contributed by atoms with Gasteiger partial charge in [-0.15, -0.1) is 0 Å². The first-order valence-corrected chi connectivity index (χ1v) is 44.6. The Bertz CT molecular complexity index is 4700. The first kappa shape index (κ1) is 99.0. The molecule has 3 fully saturated rings. The zero-order valence-electron chi connectivity index (χ0n) is 73.3. The van der Waals surface area contributed by atoms with Crippen LogP contribution in [0.15, 0.2) is 84.9 Å². The monoisotopic (exact) mass is 1810 g/mol. The molecule has 128 heavy (non-hydrogen) atoms. The Morgan fingerprint density at radius 1 is 0.609 bits per heavy atom. The number of rotatable bonds is 32. The molecule has 9 unspecified atom stereocenters. The number of carbonyl (C=O) groups excluding carboxylic acids is 8. The summed E-state index contributed by atoms with van der Waals surface area (Å²) in [4.78, 5) is 123. The number of likely N-dealkylation sites (N-methyl/N-ethyl adjacent to an activating group) is 1. The Kier molecular flexibility index (Phi) is 34.3. The molecule has 22 atom stereocenters. The topological polar surface area (TPSA) is 564 Å². The van der Waals surface area contributed by atoms with E-state index in [4.69, 9.17) is 71.4 Å². The number of unbranched alkanes of at least 4 members (excludes halogenated alkanes) is 15. The van der Waals surface area contributed by atoms with Gasteiger partial charge in [-0.1, -0.05) is 153 Å². The Hall–Kier alpha value is -9.61. The number of nitrogens with one attached hydrogen (secondary N) is 7. The lowest BCUT2D eigenvalue weighted by Crippen LogP contribution is -2.64. The van der Waals surface area contributed by atoms with Gasteiger partial charge in [-0.05, 0) is 130 Å². The molecule has 0 radical (unpaired) electrons. The van der Waals surface area contributed by atoms with Crippen LogP contribution in [0.1, 0.15) is 235 Å². The third kappa shape index (κ3) is 24.5. The second kappa shape index (κ2) is 44.3. The SMILES string of the molecule is CCCCCCCCCCCCCCCCCCOC(=O)C1NC(=O)C2NC(=O)C(NC(=O)C3NC(=O)C(CC(N)=O)NC(=O)C(NC(=O)C(CC(C)C)NC)C(O)c4ccc(c(Cl)c4)Oc4cc3cc(c4O[C@@H]3O[C@H](CO)[C@@H](O)[C@H](O)[C@H]3O[C@H]3C[C@](C)(N)[C@@H](O)[C@H](C)O3)Oc3ccc(cc3)C2O[C@H]2C[C@](C)(N)[C@@H](O)[C@H](C)O2)c2ccc(O)c(c2)-c2c(O)cc(O)cc21. The zero-order valence-corrected chi connectivity index (χ0v) is 74.1. The molecule has 8 aliphatic heterocycles. The molecule has 11 bridgehead atoms. The summed E-state index contributed by atoms with van der Waals surface area (Å²) in [5.74, 6) is -14.2. The molecule has 0 saturated carbocycles. The number of fused-ring (bicyclic) bond motifs is 15. The number of hydrogen-bond acceptors (Lipinski definition) is 29. The van der Waals surface area contributed by atoms with Crippen molar-refractivity contribution in [3.05, 3.63) is 118 Å². The molecule has 3 saturated heterocycles. The predicted octanol–water partition coefficient (Wildman–Crippen LogP) is 6.41. The van der Waals surface area contributed by atoms with E-state index in [1.165, 1.54) is 135 Å². The first-order valence-electron chi connectivity index (χ1n) is 44.2. The highest BCUT2D eigenvalue weighted by Gasteiger charge is 2.53. The molecule has 22 N–H and O–H groups in total. The summed E-state index contributed by atoms with van der Waals surface area (Å²) in [6.07, 6.45) is -5.01. The van der Waals surface area contributed by atoms with Crippen LogP contribution in [-0.4, -0.2) is 216 Å². The highest BCUT2D eigenvalue weighted by molar-refractivity contribution is 6.32. The van der Waals surface area contributed by atoms with E-state index in [1.807, 2.05) is 13.8 Å². The van der Waals surface area contributed by atoms with Crippen molar-refractivity contribution < 1.29 is 127 Å². The van der Waals surface area contributed by atoms with Gasteiger partial charge in [0.25, 0.3) is 0 Å². The Morgan fingerprint density at radius 2 is 1.17 bits per heavy atom. The fourth-order valence-corrected chi connectivity index (χ4v) is 17.3. The van der Waals surface area contributed by atoms with Crippen molar-refractivity contribution in [2.75, 3.05) is 20.3 Å². The van der Waals surface area contributed by atoms with E-state index in [2.05, 4.69) is 44.1 Å². The van der Waals surface area contributed by atoms with Crippen molar-refractivity contribution in [3.63, 3.8) is 0 Å². The molecule has 8 aliphatic rings. The molecule has 7 amide bonds. The zero-order chi connectivity index (χ0) is 92.8. The summed E-state index contributed by atoms with van der Waals surface area (Å²) in [5.41, 5.74) is 14.4. The quantitative estimate of drug-likeness (QED) is 0.0163. The second-order valence-corrected chi connectivity index (χ2v) is 35.7. The summed E-state index contributed by atoms with van der Waals surface area (Å²) in [5, 5.41) is 124. The summed E-state index contributed by atoms with van der Waals surface area (Å²) >= 11 is 7.20. The van der Waals surface area contributed by atoms with Gasteiger partial charge in [-0.25, -0.2) is 4.79 Å². The number of aliphatic hydroxyl groups excluding tert-OH is 6. The largest absolute Gasteiger partial charge is 0.508 e. The van der Waals surface area contributed by atoms with Crippen molar-refractivity contribution in [2.24, 2.45) is 23.1 Å². The lowest BCUT2D eigenvalue weighted by atomic mass is 9.86. The number of hydrogen-bond donors (Lipinski definition) is 19. The Balaban J connectivity index is 1.08. The minimum Gasteiger partial charge on any atom is -0.508 e. The lowest BCUT2D eigenvalue weighted by Gasteiger charge is -2.47. The van der Waals surface area contributed by atoms with E-state index in [0.29, 0.717) is 12.8 Å². The summed E-state index contributed by atoms with van der Waals surface area (Å²) in [6.45, 7) is 10.8. The van der Waals surface area contributed by atoms with Gasteiger partial charge in [-0.2, -0.15) is 0 Å². The first-order chi connectivity index (χ1) is 60.9. The maximum atomic E-state index is 16.6. The van der Waals surface area contributed by atoms with E-state index >= 15 is 28.8 Å². The third-order valence-electron chi connectivity index (χ3n) is 24.3. The summed E-state index contributed by atoms with van der Waals surface area (Å²) < 4.78 is 58.5. The molecule has 13 rings (SSSR count). The number of benzene rings is 5. The van der Waals surface area contributed by atoms with Crippen LogP contribution >= 0.6 is 11.6 Å². The van der Waals surface area contributed by atoms with E-state index in [1.54, 1.807) is 0 Å². The van der Waals surface area contributed by atoms with Crippen molar-refractivity contribution in [1.29, 1.82) is 0 Å². The Morgan fingerprint density at radius 3 is 1.75 bits per heavy atom. The van der Waals surface area contributed by atoms with Crippen molar-refractivity contribution in [1.82, 2.24) is 37.2 Å². The highest BCUT2D eigenvalue weighted by atomic mass is 35.5. The van der Waals surface area contributed by atoms with Crippen LogP contribution in [0.2, 0.25) is 5.02 Å². The lowest BCUT2D eigenvalue weighted by molar-refractivity contribution is -0.333. The molecule has 5 aromatic rings. The van der Waals surface area contributed by atoms with Crippen LogP contribution in [0.3, 0.4) is 0 Å². The smallest absolute Gasteiger partial charge is 0.333 e. The Labute approximate surface area is 748 Å². The molecular formula is C91H125ClN10O26. The number of aromatic hydroxyl groups is 3. The number of esters is 1. The number of nitrogens with two attached hydrogens (primary N) is 3.